The molecule has 0 saturated carbocycles. The molecule has 4 aromatic rings. The third-order valence-corrected chi connectivity index (χ3v) is 5.46. The van der Waals surface area contributed by atoms with Gasteiger partial charge < -0.3 is 20.1 Å². The Morgan fingerprint density at radius 3 is 2.82 bits per heavy atom. The summed E-state index contributed by atoms with van der Waals surface area (Å²) < 4.78 is 5.77. The van der Waals surface area contributed by atoms with Crippen molar-refractivity contribution < 1.29 is 4.52 Å². The highest BCUT2D eigenvalue weighted by molar-refractivity contribution is 5.68. The maximum absolute atomic E-state index is 5.77. The van der Waals surface area contributed by atoms with Gasteiger partial charge in [-0.3, -0.25) is 5.10 Å². The highest BCUT2D eigenvalue weighted by atomic mass is 16.5. The van der Waals surface area contributed by atoms with Gasteiger partial charge in [0.15, 0.2) is 17.4 Å². The van der Waals surface area contributed by atoms with E-state index in [-0.39, 0.29) is 6.04 Å². The van der Waals surface area contributed by atoms with Crippen molar-refractivity contribution in [2.45, 2.75) is 39.7 Å². The summed E-state index contributed by atoms with van der Waals surface area (Å²) in [5.41, 5.74) is 3.17. The van der Waals surface area contributed by atoms with Crippen molar-refractivity contribution in [1.29, 1.82) is 0 Å². The Kier molecular flexibility index (Phi) is 5.59. The minimum Gasteiger partial charge on any atom is -0.368 e. The zero-order valence-electron chi connectivity index (χ0n) is 18.8. The van der Waals surface area contributed by atoms with Gasteiger partial charge >= 0.3 is 0 Å². The number of nitrogens with one attached hydrogen (secondary N) is 3. The highest BCUT2D eigenvalue weighted by Crippen LogP contribution is 2.37. The van der Waals surface area contributed by atoms with Gasteiger partial charge in [0, 0.05) is 55.1 Å². The van der Waals surface area contributed by atoms with Gasteiger partial charge in [-0.1, -0.05) is 5.16 Å². The van der Waals surface area contributed by atoms with Crippen molar-refractivity contribution in [3.63, 3.8) is 0 Å². The van der Waals surface area contributed by atoms with E-state index in [0.29, 0.717) is 29.0 Å². The molecule has 0 aromatic carbocycles. The van der Waals surface area contributed by atoms with Crippen molar-refractivity contribution in [3.8, 4) is 11.4 Å². The number of hydrogen-bond acceptors (Lipinski definition) is 10. The van der Waals surface area contributed by atoms with Crippen LogP contribution >= 0.6 is 0 Å². The summed E-state index contributed by atoms with van der Waals surface area (Å²) in [6, 6.07) is 5.77. The van der Waals surface area contributed by atoms with Crippen molar-refractivity contribution >= 4 is 23.4 Å². The van der Waals surface area contributed by atoms with Crippen LogP contribution in [-0.4, -0.2) is 48.4 Å². The number of H-pyrrole nitrogens is 1. The SMILES string of the molecule is CCNc1nccnc1-c1cc(C2CCCN2c2nc(C)cc(Nc3cc(C)[nH]n3)n2)on1. The van der Waals surface area contributed by atoms with E-state index >= 15 is 0 Å². The second kappa shape index (κ2) is 8.85. The molecule has 5 rings (SSSR count). The van der Waals surface area contributed by atoms with Gasteiger partial charge in [0.05, 0.1) is 6.04 Å². The molecular weight excluding hydrogens is 420 g/mol. The molecule has 1 saturated heterocycles. The lowest BCUT2D eigenvalue weighted by atomic mass is 10.1. The zero-order valence-corrected chi connectivity index (χ0v) is 18.8. The fraction of sp³-hybridized carbons (Fsp3) is 0.364. The molecule has 0 amide bonds. The number of nitrogens with zero attached hydrogens (tertiary/aromatic N) is 7. The van der Waals surface area contributed by atoms with E-state index in [9.17, 15) is 0 Å². The van der Waals surface area contributed by atoms with Crippen LogP contribution in [0, 0.1) is 13.8 Å². The Hall–Kier alpha value is -4.02. The summed E-state index contributed by atoms with van der Waals surface area (Å²) in [4.78, 5) is 20.4. The largest absolute Gasteiger partial charge is 0.368 e. The Morgan fingerprint density at radius 2 is 2.00 bits per heavy atom. The first-order valence-corrected chi connectivity index (χ1v) is 11.0. The smallest absolute Gasteiger partial charge is 0.228 e. The van der Waals surface area contributed by atoms with E-state index < -0.39 is 0 Å². The lowest BCUT2D eigenvalue weighted by Gasteiger charge is -2.23. The van der Waals surface area contributed by atoms with Gasteiger partial charge in [-0.15, -0.1) is 0 Å². The molecule has 11 nitrogen and oxygen atoms in total. The maximum atomic E-state index is 5.77. The highest BCUT2D eigenvalue weighted by Gasteiger charge is 2.32. The van der Waals surface area contributed by atoms with Crippen LogP contribution in [0.15, 0.2) is 35.1 Å². The van der Waals surface area contributed by atoms with Gasteiger partial charge in [-0.25, -0.2) is 15.0 Å². The van der Waals surface area contributed by atoms with Crippen LogP contribution in [0.1, 0.15) is 43.0 Å². The van der Waals surface area contributed by atoms with Gasteiger partial charge in [0.2, 0.25) is 5.95 Å². The topological polar surface area (TPSA) is 134 Å². The van der Waals surface area contributed by atoms with Crippen molar-refractivity contribution in [2.75, 3.05) is 28.6 Å². The first kappa shape index (κ1) is 20.9. The number of aryl methyl sites for hydroxylation is 2. The molecule has 1 unspecified atom stereocenters. The average molecular weight is 447 g/mol. The predicted octanol–water partition coefficient (Wildman–Crippen LogP) is 3.78. The molecule has 1 atom stereocenters. The summed E-state index contributed by atoms with van der Waals surface area (Å²) >= 11 is 0. The maximum Gasteiger partial charge on any atom is 0.228 e. The quantitative estimate of drug-likeness (QED) is 0.385. The Labute approximate surface area is 191 Å². The molecule has 0 spiro atoms. The first-order valence-electron chi connectivity index (χ1n) is 11.0. The first-order chi connectivity index (χ1) is 16.1. The summed E-state index contributed by atoms with van der Waals surface area (Å²) in [6.45, 7) is 7.50. The summed E-state index contributed by atoms with van der Waals surface area (Å²) in [6.07, 6.45) is 5.25. The van der Waals surface area contributed by atoms with Crippen LogP contribution in [0.4, 0.5) is 23.4 Å². The average Bonchev–Trinajstić information content (AvgIpc) is 3.54. The van der Waals surface area contributed by atoms with Crippen LogP contribution in [0.2, 0.25) is 0 Å². The van der Waals surface area contributed by atoms with E-state index in [2.05, 4.69) is 40.9 Å². The van der Waals surface area contributed by atoms with Gasteiger partial charge in [0.25, 0.3) is 0 Å². The molecule has 5 heterocycles. The third kappa shape index (κ3) is 4.34. The molecule has 33 heavy (non-hydrogen) atoms. The summed E-state index contributed by atoms with van der Waals surface area (Å²) in [5.74, 6) is 3.52. The van der Waals surface area contributed by atoms with E-state index in [1.54, 1.807) is 12.4 Å². The number of aromatic amines is 1. The number of aromatic nitrogens is 7. The minimum atomic E-state index is -0.00668. The van der Waals surface area contributed by atoms with Crippen LogP contribution in [0.3, 0.4) is 0 Å². The third-order valence-electron chi connectivity index (χ3n) is 5.46. The molecule has 0 radical (unpaired) electrons. The Bertz CT molecular complexity index is 1250. The molecule has 4 aromatic heterocycles. The van der Waals surface area contributed by atoms with Crippen molar-refractivity contribution in [1.82, 2.24) is 35.3 Å². The zero-order chi connectivity index (χ0) is 22.8. The van der Waals surface area contributed by atoms with Crippen molar-refractivity contribution in [2.24, 2.45) is 0 Å². The molecular formula is C22H26N10O. The summed E-state index contributed by atoms with van der Waals surface area (Å²) in [7, 11) is 0. The number of hydrogen-bond donors (Lipinski definition) is 3. The van der Waals surface area contributed by atoms with E-state index in [1.165, 1.54) is 0 Å². The molecule has 0 bridgehead atoms. The standard InChI is InChI=1S/C22H26N10O/c1-4-23-21-20(24-7-8-25-21)15-12-17(33-31-15)16-6-5-9-32(16)22-26-13(2)10-18(28-22)27-19-11-14(3)29-30-19/h7-8,10-12,16H,4-6,9H2,1-3H3,(H,23,25)(H2,26,27,28,29,30). The molecule has 170 valence electrons. The number of rotatable bonds is 7. The molecule has 11 heteroatoms. The van der Waals surface area contributed by atoms with Crippen LogP contribution < -0.4 is 15.5 Å². The molecule has 3 N–H and O–H groups in total. The monoisotopic (exact) mass is 446 g/mol. The Morgan fingerprint density at radius 1 is 1.12 bits per heavy atom. The molecule has 1 aliphatic rings. The minimum absolute atomic E-state index is 0.00668. The fourth-order valence-electron chi connectivity index (χ4n) is 4.04. The Balaban J connectivity index is 1.41. The normalized spacial score (nSPS) is 15.7. The van der Waals surface area contributed by atoms with E-state index in [4.69, 9.17) is 14.5 Å². The fourth-order valence-corrected chi connectivity index (χ4v) is 4.04. The van der Waals surface area contributed by atoms with Gasteiger partial charge in [0.1, 0.15) is 17.2 Å². The molecule has 1 fully saturated rings. The van der Waals surface area contributed by atoms with E-state index in [0.717, 1.165) is 48.9 Å². The van der Waals surface area contributed by atoms with Crippen molar-refractivity contribution in [3.05, 3.63) is 47.7 Å². The van der Waals surface area contributed by atoms with Crippen LogP contribution in [0.5, 0.6) is 0 Å². The molecule has 1 aliphatic heterocycles. The van der Waals surface area contributed by atoms with Crippen LogP contribution in [-0.2, 0) is 0 Å². The van der Waals surface area contributed by atoms with Gasteiger partial charge in [-0.05, 0) is 33.6 Å². The second-order valence-electron chi connectivity index (χ2n) is 8.01. The number of anilines is 4. The second-order valence-corrected chi connectivity index (χ2v) is 8.01. The predicted molar refractivity (Wildman–Crippen MR) is 124 cm³/mol. The lowest BCUT2D eigenvalue weighted by molar-refractivity contribution is 0.362. The summed E-state index contributed by atoms with van der Waals surface area (Å²) in [5, 5.41) is 17.9. The van der Waals surface area contributed by atoms with E-state index in [1.807, 2.05) is 39.0 Å². The van der Waals surface area contributed by atoms with Crippen LogP contribution in [0.25, 0.3) is 11.4 Å². The van der Waals surface area contributed by atoms with Gasteiger partial charge in [-0.2, -0.15) is 10.1 Å². The molecule has 0 aliphatic carbocycles. The lowest BCUT2D eigenvalue weighted by Crippen LogP contribution is -2.25.